The Hall–Kier alpha value is -0.210. The third-order valence-electron chi connectivity index (χ3n) is 3.08. The zero-order chi connectivity index (χ0) is 12.1. The van der Waals surface area contributed by atoms with E-state index in [1.807, 2.05) is 0 Å². The van der Waals surface area contributed by atoms with E-state index in [1.54, 1.807) is 0 Å². The van der Waals surface area contributed by atoms with Gasteiger partial charge in [-0.05, 0) is 51.9 Å². The zero-order valence-electron chi connectivity index (χ0n) is 9.85. The summed E-state index contributed by atoms with van der Waals surface area (Å²) in [6, 6.07) is 0. The molecule has 6 nitrogen and oxygen atoms in total. The zero-order valence-corrected chi connectivity index (χ0v) is 10.7. The Morgan fingerprint density at radius 2 is 1.12 bits per heavy atom. The van der Waals surface area contributed by atoms with Gasteiger partial charge in [-0.2, -0.15) is 8.42 Å². The van der Waals surface area contributed by atoms with Crippen LogP contribution >= 0.6 is 0 Å². The maximum atomic E-state index is 11.7. The van der Waals surface area contributed by atoms with Gasteiger partial charge in [0.25, 0.3) is 0 Å². The van der Waals surface area contributed by atoms with Crippen LogP contribution in [0.4, 0.5) is 0 Å². The van der Waals surface area contributed by atoms with Gasteiger partial charge in [0, 0.05) is 0 Å². The van der Waals surface area contributed by atoms with Crippen molar-refractivity contribution in [3.05, 3.63) is 0 Å². The fraction of sp³-hybridized carbons (Fsp3) is 1.00. The monoisotopic (exact) mass is 264 g/mol. The van der Waals surface area contributed by atoms with E-state index in [0.717, 1.165) is 51.9 Å². The minimum absolute atomic E-state index is 0.233. The average Bonchev–Trinajstić information content (AvgIpc) is 2.30. The predicted molar refractivity (Wildman–Crippen MR) is 62.9 cm³/mol. The van der Waals surface area contributed by atoms with E-state index in [1.165, 1.54) is 0 Å². The fourth-order valence-electron chi connectivity index (χ4n) is 2.14. The second-order valence-corrected chi connectivity index (χ2v) is 5.70. The Balaban J connectivity index is 1.80. The van der Waals surface area contributed by atoms with Gasteiger partial charge in [0.05, 0.1) is 12.2 Å². The molecule has 2 fully saturated rings. The van der Waals surface area contributed by atoms with E-state index < -0.39 is 10.4 Å². The Morgan fingerprint density at radius 3 is 1.47 bits per heavy atom. The average molecular weight is 264 g/mol. The molecule has 7 heteroatoms. The summed E-state index contributed by atoms with van der Waals surface area (Å²) in [5, 5.41) is 6.32. The standard InChI is InChI=1S/C10H20N2O4S/c13-17(14,15-9-1-5-11-6-2-9)16-10-3-7-12-8-4-10/h9-12H,1-8H2. The molecule has 0 aliphatic carbocycles. The molecule has 0 bridgehead atoms. The van der Waals surface area contributed by atoms with Gasteiger partial charge in [-0.3, -0.25) is 0 Å². The lowest BCUT2D eigenvalue weighted by Crippen LogP contribution is -2.37. The highest BCUT2D eigenvalue weighted by atomic mass is 32.3. The van der Waals surface area contributed by atoms with Crippen molar-refractivity contribution in [3.63, 3.8) is 0 Å². The van der Waals surface area contributed by atoms with Crippen LogP contribution in [-0.4, -0.2) is 46.8 Å². The molecule has 0 saturated carbocycles. The highest BCUT2D eigenvalue weighted by Crippen LogP contribution is 2.16. The normalized spacial score (nSPS) is 24.9. The quantitative estimate of drug-likeness (QED) is 0.730. The number of hydrogen-bond donors (Lipinski definition) is 2. The molecule has 0 aromatic carbocycles. The van der Waals surface area contributed by atoms with Crippen LogP contribution in [0.2, 0.25) is 0 Å². The molecule has 17 heavy (non-hydrogen) atoms. The van der Waals surface area contributed by atoms with E-state index in [4.69, 9.17) is 8.37 Å². The van der Waals surface area contributed by atoms with Crippen LogP contribution in [0.5, 0.6) is 0 Å². The molecule has 0 atom stereocenters. The van der Waals surface area contributed by atoms with Crippen molar-refractivity contribution >= 4 is 10.4 Å². The van der Waals surface area contributed by atoms with Crippen molar-refractivity contribution in [1.82, 2.24) is 10.6 Å². The van der Waals surface area contributed by atoms with Gasteiger partial charge in [0.15, 0.2) is 0 Å². The summed E-state index contributed by atoms with van der Waals surface area (Å²) >= 11 is 0. The predicted octanol–water partition coefficient (Wildman–Crippen LogP) is -0.232. The first-order valence-electron chi connectivity index (χ1n) is 6.19. The van der Waals surface area contributed by atoms with Gasteiger partial charge in [-0.1, -0.05) is 0 Å². The topological polar surface area (TPSA) is 76.7 Å². The number of hydrogen-bond acceptors (Lipinski definition) is 6. The minimum Gasteiger partial charge on any atom is -0.317 e. The van der Waals surface area contributed by atoms with E-state index in [-0.39, 0.29) is 12.2 Å². The maximum Gasteiger partial charge on any atom is 0.400 e. The van der Waals surface area contributed by atoms with E-state index in [2.05, 4.69) is 10.6 Å². The highest BCUT2D eigenvalue weighted by Gasteiger charge is 2.26. The third-order valence-corrected chi connectivity index (χ3v) is 4.10. The molecular weight excluding hydrogens is 244 g/mol. The first-order chi connectivity index (χ1) is 8.16. The maximum absolute atomic E-state index is 11.7. The number of piperidine rings is 2. The Kier molecular flexibility index (Phi) is 4.75. The molecule has 0 unspecified atom stereocenters. The van der Waals surface area contributed by atoms with Gasteiger partial charge >= 0.3 is 10.4 Å². The summed E-state index contributed by atoms with van der Waals surface area (Å²) in [5.41, 5.74) is 0. The molecule has 100 valence electrons. The summed E-state index contributed by atoms with van der Waals surface area (Å²) in [6.07, 6.45) is 2.40. The smallest absolute Gasteiger partial charge is 0.317 e. The van der Waals surface area contributed by atoms with Crippen LogP contribution in [0.1, 0.15) is 25.7 Å². The molecule has 0 aromatic heterocycles. The largest absolute Gasteiger partial charge is 0.400 e. The van der Waals surface area contributed by atoms with Crippen LogP contribution in [-0.2, 0) is 18.8 Å². The van der Waals surface area contributed by atoms with Crippen LogP contribution < -0.4 is 10.6 Å². The first-order valence-corrected chi connectivity index (χ1v) is 7.52. The molecule has 0 amide bonds. The summed E-state index contributed by atoms with van der Waals surface area (Å²) in [4.78, 5) is 0. The van der Waals surface area contributed by atoms with E-state index in [9.17, 15) is 8.42 Å². The highest BCUT2D eigenvalue weighted by molar-refractivity contribution is 7.81. The molecular formula is C10H20N2O4S. The van der Waals surface area contributed by atoms with Crippen LogP contribution in [0, 0.1) is 0 Å². The van der Waals surface area contributed by atoms with Crippen LogP contribution in [0.3, 0.4) is 0 Å². The van der Waals surface area contributed by atoms with Crippen molar-refractivity contribution in [1.29, 1.82) is 0 Å². The Morgan fingerprint density at radius 1 is 0.765 bits per heavy atom. The van der Waals surface area contributed by atoms with Crippen molar-refractivity contribution in [3.8, 4) is 0 Å². The summed E-state index contributed by atoms with van der Waals surface area (Å²) in [7, 11) is -3.84. The summed E-state index contributed by atoms with van der Waals surface area (Å²) in [6.45, 7) is 3.20. The summed E-state index contributed by atoms with van der Waals surface area (Å²) < 4.78 is 33.5. The molecule has 2 aliphatic heterocycles. The summed E-state index contributed by atoms with van der Waals surface area (Å²) in [5.74, 6) is 0. The molecule has 0 aromatic rings. The second-order valence-electron chi connectivity index (χ2n) is 4.50. The van der Waals surface area contributed by atoms with Crippen molar-refractivity contribution in [2.45, 2.75) is 37.9 Å². The third kappa shape index (κ3) is 4.51. The first kappa shape index (κ1) is 13.2. The Labute approximate surface area is 102 Å². The molecule has 2 saturated heterocycles. The van der Waals surface area contributed by atoms with Crippen molar-refractivity contribution in [2.75, 3.05) is 26.2 Å². The van der Waals surface area contributed by atoms with Crippen LogP contribution in [0.15, 0.2) is 0 Å². The molecule has 2 rings (SSSR count). The number of nitrogens with one attached hydrogen (secondary N) is 2. The molecule has 2 heterocycles. The van der Waals surface area contributed by atoms with Gasteiger partial charge in [-0.15, -0.1) is 0 Å². The lowest BCUT2D eigenvalue weighted by Gasteiger charge is -2.25. The number of rotatable bonds is 4. The second kappa shape index (κ2) is 6.10. The fourth-order valence-corrected chi connectivity index (χ4v) is 3.24. The van der Waals surface area contributed by atoms with Gasteiger partial charge in [0.1, 0.15) is 0 Å². The van der Waals surface area contributed by atoms with Crippen molar-refractivity contribution < 1.29 is 16.8 Å². The van der Waals surface area contributed by atoms with Gasteiger partial charge < -0.3 is 10.6 Å². The van der Waals surface area contributed by atoms with Gasteiger partial charge in [-0.25, -0.2) is 8.37 Å². The van der Waals surface area contributed by atoms with E-state index >= 15 is 0 Å². The van der Waals surface area contributed by atoms with Gasteiger partial charge in [0.2, 0.25) is 0 Å². The molecule has 0 radical (unpaired) electrons. The molecule has 0 spiro atoms. The van der Waals surface area contributed by atoms with E-state index in [0.29, 0.717) is 0 Å². The van der Waals surface area contributed by atoms with Crippen LogP contribution in [0.25, 0.3) is 0 Å². The van der Waals surface area contributed by atoms with Crippen molar-refractivity contribution in [2.24, 2.45) is 0 Å². The lowest BCUT2D eigenvalue weighted by atomic mass is 10.1. The minimum atomic E-state index is -3.84. The molecule has 2 aliphatic rings. The SMILES string of the molecule is O=S(=O)(OC1CCNCC1)OC1CCNCC1. The molecule has 2 N–H and O–H groups in total. The Bertz CT molecular complexity index is 295. The lowest BCUT2D eigenvalue weighted by molar-refractivity contribution is 0.0941.